The molecule has 0 saturated carbocycles. The van der Waals surface area contributed by atoms with Gasteiger partial charge in [-0.2, -0.15) is 0 Å². The SMILES string of the molecule is CCOc1cc(/C=C2/SC(=S)N(c3ccccc3C)C2=O)ccc1OCC(=O)Nc1ccccc1C(C)C. The molecule has 0 atom stereocenters. The Bertz CT molecular complexity index is 1400. The zero-order chi connectivity index (χ0) is 27.2. The molecule has 1 heterocycles. The van der Waals surface area contributed by atoms with E-state index in [1.807, 2.05) is 68.4 Å². The smallest absolute Gasteiger partial charge is 0.270 e. The third kappa shape index (κ3) is 6.26. The summed E-state index contributed by atoms with van der Waals surface area (Å²) in [6.45, 7) is 8.24. The van der Waals surface area contributed by atoms with Crippen molar-refractivity contribution in [3.8, 4) is 11.5 Å². The average molecular weight is 547 g/mol. The van der Waals surface area contributed by atoms with Gasteiger partial charge in [-0.15, -0.1) is 0 Å². The van der Waals surface area contributed by atoms with Crippen molar-refractivity contribution in [3.63, 3.8) is 0 Å². The second kappa shape index (κ2) is 12.3. The van der Waals surface area contributed by atoms with Crippen LogP contribution in [-0.2, 0) is 9.59 Å². The number of carbonyl (C=O) groups excluding carboxylic acids is 2. The maximum Gasteiger partial charge on any atom is 0.270 e. The fraction of sp³-hybridized carbons (Fsp3) is 0.233. The molecule has 8 heteroatoms. The van der Waals surface area contributed by atoms with Crippen LogP contribution in [0.3, 0.4) is 0 Å². The maximum atomic E-state index is 13.2. The first-order valence-corrected chi connectivity index (χ1v) is 13.6. The van der Waals surface area contributed by atoms with Gasteiger partial charge in [-0.1, -0.05) is 80.3 Å². The molecule has 0 spiro atoms. The van der Waals surface area contributed by atoms with Gasteiger partial charge in [0.05, 0.1) is 17.2 Å². The van der Waals surface area contributed by atoms with Crippen LogP contribution in [-0.4, -0.2) is 29.3 Å². The summed E-state index contributed by atoms with van der Waals surface area (Å²) in [5, 5.41) is 2.93. The second-order valence-corrected chi connectivity index (χ2v) is 10.7. The van der Waals surface area contributed by atoms with Gasteiger partial charge in [0.1, 0.15) is 0 Å². The van der Waals surface area contributed by atoms with Crippen molar-refractivity contribution in [2.24, 2.45) is 0 Å². The fourth-order valence-corrected chi connectivity index (χ4v) is 5.37. The van der Waals surface area contributed by atoms with Gasteiger partial charge in [-0.3, -0.25) is 14.5 Å². The summed E-state index contributed by atoms with van der Waals surface area (Å²) in [5.41, 5.74) is 4.36. The number of amides is 2. The van der Waals surface area contributed by atoms with E-state index in [1.54, 1.807) is 23.1 Å². The Labute approximate surface area is 233 Å². The third-order valence-electron chi connectivity index (χ3n) is 5.93. The molecule has 1 aliphatic rings. The van der Waals surface area contributed by atoms with Gasteiger partial charge in [0.25, 0.3) is 11.8 Å². The van der Waals surface area contributed by atoms with Crippen LogP contribution in [0.2, 0.25) is 0 Å². The van der Waals surface area contributed by atoms with Gasteiger partial charge >= 0.3 is 0 Å². The molecule has 0 aliphatic carbocycles. The van der Waals surface area contributed by atoms with Crippen molar-refractivity contribution >= 4 is 57.6 Å². The summed E-state index contributed by atoms with van der Waals surface area (Å²) in [5.74, 6) is 0.798. The van der Waals surface area contributed by atoms with Crippen LogP contribution in [0.25, 0.3) is 6.08 Å². The van der Waals surface area contributed by atoms with Crippen molar-refractivity contribution in [2.45, 2.75) is 33.6 Å². The molecule has 1 saturated heterocycles. The van der Waals surface area contributed by atoms with Gasteiger partial charge in [-0.05, 0) is 66.8 Å². The molecule has 1 fully saturated rings. The number of nitrogens with one attached hydrogen (secondary N) is 1. The Balaban J connectivity index is 1.48. The van der Waals surface area contributed by atoms with Gasteiger partial charge in [0.2, 0.25) is 0 Å². The predicted molar refractivity (Wildman–Crippen MR) is 159 cm³/mol. The Morgan fingerprint density at radius 1 is 1.05 bits per heavy atom. The standard InChI is InChI=1S/C30H30N2O4S2/c1-5-35-26-16-21(17-27-29(34)32(30(37)38-27)24-13-9-6-10-20(24)4)14-15-25(26)36-18-28(33)31-23-12-8-7-11-22(23)19(2)3/h6-17,19H,5,18H2,1-4H3,(H,31,33)/b27-17+. The number of anilines is 2. The van der Waals surface area contributed by atoms with Crippen LogP contribution < -0.4 is 19.7 Å². The first-order chi connectivity index (χ1) is 18.3. The Morgan fingerprint density at radius 2 is 1.79 bits per heavy atom. The van der Waals surface area contributed by atoms with Crippen LogP contribution in [0.5, 0.6) is 11.5 Å². The van der Waals surface area contributed by atoms with E-state index >= 15 is 0 Å². The quantitative estimate of drug-likeness (QED) is 0.232. The molecule has 38 heavy (non-hydrogen) atoms. The molecular weight excluding hydrogens is 516 g/mol. The Hall–Kier alpha value is -3.62. The molecule has 3 aromatic carbocycles. The Morgan fingerprint density at radius 3 is 2.53 bits per heavy atom. The molecule has 0 radical (unpaired) electrons. The summed E-state index contributed by atoms with van der Waals surface area (Å²) >= 11 is 6.78. The lowest BCUT2D eigenvalue weighted by molar-refractivity contribution is -0.118. The van der Waals surface area contributed by atoms with E-state index in [0.717, 1.165) is 28.1 Å². The van der Waals surface area contributed by atoms with E-state index < -0.39 is 0 Å². The highest BCUT2D eigenvalue weighted by Gasteiger charge is 2.34. The molecule has 1 aliphatic heterocycles. The lowest BCUT2D eigenvalue weighted by Crippen LogP contribution is -2.28. The summed E-state index contributed by atoms with van der Waals surface area (Å²) in [4.78, 5) is 27.9. The van der Waals surface area contributed by atoms with E-state index in [1.165, 1.54) is 11.8 Å². The first kappa shape index (κ1) is 27.4. The highest BCUT2D eigenvalue weighted by molar-refractivity contribution is 8.27. The molecule has 196 valence electrons. The monoisotopic (exact) mass is 546 g/mol. The van der Waals surface area contributed by atoms with E-state index in [0.29, 0.717) is 27.3 Å². The van der Waals surface area contributed by atoms with E-state index in [9.17, 15) is 9.59 Å². The Kier molecular flexibility index (Phi) is 8.86. The second-order valence-electron chi connectivity index (χ2n) is 9.02. The van der Waals surface area contributed by atoms with Gasteiger partial charge in [0, 0.05) is 5.69 Å². The number of aryl methyl sites for hydroxylation is 1. The number of para-hydroxylation sites is 2. The van der Waals surface area contributed by atoms with Gasteiger partial charge in [0.15, 0.2) is 22.4 Å². The van der Waals surface area contributed by atoms with Crippen molar-refractivity contribution in [3.05, 3.63) is 88.3 Å². The van der Waals surface area contributed by atoms with Crippen LogP contribution >= 0.6 is 24.0 Å². The molecule has 0 bridgehead atoms. The summed E-state index contributed by atoms with van der Waals surface area (Å²) in [6, 6.07) is 20.8. The molecular formula is C30H30N2O4S2. The van der Waals surface area contributed by atoms with E-state index in [4.69, 9.17) is 21.7 Å². The van der Waals surface area contributed by atoms with Gasteiger partial charge < -0.3 is 14.8 Å². The number of hydrogen-bond acceptors (Lipinski definition) is 6. The first-order valence-electron chi connectivity index (χ1n) is 12.4. The summed E-state index contributed by atoms with van der Waals surface area (Å²) in [6.07, 6.45) is 1.79. The molecule has 6 nitrogen and oxygen atoms in total. The molecule has 4 rings (SSSR count). The lowest BCUT2D eigenvalue weighted by atomic mass is 10.0. The number of thioether (sulfide) groups is 1. The largest absolute Gasteiger partial charge is 0.490 e. The zero-order valence-corrected chi connectivity index (χ0v) is 23.4. The normalized spacial score (nSPS) is 14.3. The van der Waals surface area contributed by atoms with Crippen LogP contribution in [0.15, 0.2) is 71.6 Å². The molecule has 0 aromatic heterocycles. The van der Waals surface area contributed by atoms with Crippen LogP contribution in [0, 0.1) is 6.92 Å². The molecule has 1 N–H and O–H groups in total. The molecule has 0 unspecified atom stereocenters. The van der Waals surface area contributed by atoms with Crippen molar-refractivity contribution in [2.75, 3.05) is 23.4 Å². The maximum absolute atomic E-state index is 13.2. The zero-order valence-electron chi connectivity index (χ0n) is 21.8. The third-order valence-corrected chi connectivity index (χ3v) is 7.23. The number of ether oxygens (including phenoxy) is 2. The minimum absolute atomic E-state index is 0.161. The molecule has 2 amide bonds. The summed E-state index contributed by atoms with van der Waals surface area (Å²) < 4.78 is 12.1. The number of benzene rings is 3. The number of carbonyl (C=O) groups is 2. The highest BCUT2D eigenvalue weighted by atomic mass is 32.2. The summed E-state index contributed by atoms with van der Waals surface area (Å²) in [7, 11) is 0. The fourth-order valence-electron chi connectivity index (χ4n) is 4.09. The highest BCUT2D eigenvalue weighted by Crippen LogP contribution is 2.38. The van der Waals surface area contributed by atoms with Crippen molar-refractivity contribution < 1.29 is 19.1 Å². The number of rotatable bonds is 9. The van der Waals surface area contributed by atoms with Crippen LogP contribution in [0.4, 0.5) is 11.4 Å². The van der Waals surface area contributed by atoms with Crippen molar-refractivity contribution in [1.82, 2.24) is 0 Å². The topological polar surface area (TPSA) is 67.9 Å². The number of nitrogens with zero attached hydrogens (tertiary/aromatic N) is 1. The number of thiocarbonyl (C=S) groups is 1. The average Bonchev–Trinajstić information content (AvgIpc) is 3.16. The predicted octanol–water partition coefficient (Wildman–Crippen LogP) is 6.94. The number of hydrogen-bond donors (Lipinski definition) is 1. The van der Waals surface area contributed by atoms with Gasteiger partial charge in [-0.25, -0.2) is 0 Å². The minimum atomic E-state index is -0.260. The van der Waals surface area contributed by atoms with E-state index in [-0.39, 0.29) is 24.3 Å². The van der Waals surface area contributed by atoms with Crippen molar-refractivity contribution in [1.29, 1.82) is 0 Å². The lowest BCUT2D eigenvalue weighted by Gasteiger charge is -2.16. The minimum Gasteiger partial charge on any atom is -0.490 e. The van der Waals surface area contributed by atoms with E-state index in [2.05, 4.69) is 19.2 Å². The molecule has 3 aromatic rings. The van der Waals surface area contributed by atoms with Crippen LogP contribution in [0.1, 0.15) is 43.4 Å².